The van der Waals surface area contributed by atoms with E-state index in [2.05, 4.69) is 0 Å². The first-order valence-electron chi connectivity index (χ1n) is 6.72. The van der Waals surface area contributed by atoms with Gasteiger partial charge < -0.3 is 15.6 Å². The molecule has 1 atom stereocenters. The molecule has 0 saturated heterocycles. The standard InChI is InChI=1S/C16H16FNO3S/c1-2-15(16(19)20)22-12-6-4-11(5-7-12)21-14-8-3-10(18)9-13(14)17/h3-9,15H,2,18H2,1H3,(H,19,20). The molecule has 116 valence electrons. The zero-order valence-electron chi connectivity index (χ0n) is 12.0. The molecule has 6 heteroatoms. The number of carboxylic acids is 1. The number of carboxylic acid groups (broad SMARTS) is 1. The predicted molar refractivity (Wildman–Crippen MR) is 84.9 cm³/mol. The topological polar surface area (TPSA) is 72.5 Å². The van der Waals surface area contributed by atoms with Crippen LogP contribution < -0.4 is 10.5 Å². The monoisotopic (exact) mass is 321 g/mol. The van der Waals surface area contributed by atoms with E-state index in [0.717, 1.165) is 4.90 Å². The van der Waals surface area contributed by atoms with Crippen LogP contribution in [-0.2, 0) is 4.79 Å². The van der Waals surface area contributed by atoms with Gasteiger partial charge in [-0.15, -0.1) is 11.8 Å². The summed E-state index contributed by atoms with van der Waals surface area (Å²) in [5.74, 6) is -0.810. The fraction of sp³-hybridized carbons (Fsp3) is 0.188. The molecule has 4 nitrogen and oxygen atoms in total. The van der Waals surface area contributed by atoms with E-state index in [1.54, 1.807) is 30.3 Å². The van der Waals surface area contributed by atoms with E-state index in [4.69, 9.17) is 15.6 Å². The lowest BCUT2D eigenvalue weighted by atomic mass is 10.3. The van der Waals surface area contributed by atoms with Crippen LogP contribution in [0.5, 0.6) is 11.5 Å². The van der Waals surface area contributed by atoms with Gasteiger partial charge in [0.15, 0.2) is 11.6 Å². The summed E-state index contributed by atoms with van der Waals surface area (Å²) in [7, 11) is 0. The zero-order valence-corrected chi connectivity index (χ0v) is 12.8. The van der Waals surface area contributed by atoms with Crippen LogP contribution in [-0.4, -0.2) is 16.3 Å². The van der Waals surface area contributed by atoms with Crippen LogP contribution in [0.4, 0.5) is 10.1 Å². The molecule has 0 heterocycles. The van der Waals surface area contributed by atoms with Crippen LogP contribution in [0.3, 0.4) is 0 Å². The Morgan fingerprint density at radius 2 is 2.00 bits per heavy atom. The highest BCUT2D eigenvalue weighted by atomic mass is 32.2. The molecule has 1 unspecified atom stereocenters. The molecule has 0 radical (unpaired) electrons. The summed E-state index contributed by atoms with van der Waals surface area (Å²) in [6, 6.07) is 11.1. The average Bonchev–Trinajstić information content (AvgIpc) is 2.49. The summed E-state index contributed by atoms with van der Waals surface area (Å²) in [6.45, 7) is 1.83. The maximum Gasteiger partial charge on any atom is 0.316 e. The van der Waals surface area contributed by atoms with Gasteiger partial charge in [0, 0.05) is 16.6 Å². The van der Waals surface area contributed by atoms with E-state index in [-0.39, 0.29) is 5.75 Å². The number of anilines is 1. The summed E-state index contributed by atoms with van der Waals surface area (Å²) in [5.41, 5.74) is 5.81. The summed E-state index contributed by atoms with van der Waals surface area (Å²) >= 11 is 1.27. The number of carbonyl (C=O) groups is 1. The minimum absolute atomic E-state index is 0.0894. The summed E-state index contributed by atoms with van der Waals surface area (Å²) in [6.07, 6.45) is 0.537. The molecule has 0 aliphatic rings. The molecule has 3 N–H and O–H groups in total. The van der Waals surface area contributed by atoms with Crippen LogP contribution in [0.2, 0.25) is 0 Å². The molecule has 0 aliphatic carbocycles. The van der Waals surface area contributed by atoms with Gasteiger partial charge in [0.05, 0.1) is 0 Å². The largest absolute Gasteiger partial charge is 0.480 e. The van der Waals surface area contributed by atoms with E-state index >= 15 is 0 Å². The van der Waals surface area contributed by atoms with Crippen molar-refractivity contribution in [2.24, 2.45) is 0 Å². The van der Waals surface area contributed by atoms with Crippen molar-refractivity contribution < 1.29 is 19.0 Å². The maximum atomic E-state index is 13.6. The molecule has 0 saturated carbocycles. The van der Waals surface area contributed by atoms with E-state index in [9.17, 15) is 9.18 Å². The number of benzene rings is 2. The second-order valence-corrected chi connectivity index (χ2v) is 5.89. The molecular formula is C16H16FNO3S. The number of nitrogen functional groups attached to an aromatic ring is 1. The van der Waals surface area contributed by atoms with Gasteiger partial charge in [0.1, 0.15) is 11.0 Å². The molecule has 0 aromatic heterocycles. The van der Waals surface area contributed by atoms with Crippen molar-refractivity contribution in [1.29, 1.82) is 0 Å². The number of halogens is 1. The highest BCUT2D eigenvalue weighted by Gasteiger charge is 2.16. The molecule has 0 bridgehead atoms. The van der Waals surface area contributed by atoms with Gasteiger partial charge in [0.2, 0.25) is 0 Å². The fourth-order valence-corrected chi connectivity index (χ4v) is 2.67. The molecule has 22 heavy (non-hydrogen) atoms. The van der Waals surface area contributed by atoms with Gasteiger partial charge in [-0.3, -0.25) is 4.79 Å². The quantitative estimate of drug-likeness (QED) is 0.617. The minimum atomic E-state index is -0.836. The number of hydrogen-bond acceptors (Lipinski definition) is 4. The number of ether oxygens (including phenoxy) is 1. The van der Waals surface area contributed by atoms with Crippen LogP contribution >= 0.6 is 11.8 Å². The van der Waals surface area contributed by atoms with Crippen LogP contribution in [0, 0.1) is 5.82 Å². The number of nitrogens with two attached hydrogens (primary N) is 1. The van der Waals surface area contributed by atoms with Crippen LogP contribution in [0.1, 0.15) is 13.3 Å². The van der Waals surface area contributed by atoms with Crippen molar-refractivity contribution in [3.8, 4) is 11.5 Å². The molecule has 2 aromatic rings. The highest BCUT2D eigenvalue weighted by Crippen LogP contribution is 2.30. The lowest BCUT2D eigenvalue weighted by molar-refractivity contribution is -0.136. The third-order valence-corrected chi connectivity index (χ3v) is 4.30. The fourth-order valence-electron chi connectivity index (χ4n) is 1.79. The molecule has 2 aromatic carbocycles. The molecule has 0 fully saturated rings. The van der Waals surface area contributed by atoms with Gasteiger partial charge in [-0.1, -0.05) is 6.92 Å². The summed E-state index contributed by atoms with van der Waals surface area (Å²) in [4.78, 5) is 11.8. The first-order valence-corrected chi connectivity index (χ1v) is 7.60. The average molecular weight is 321 g/mol. The maximum absolute atomic E-state index is 13.6. The Hall–Kier alpha value is -2.21. The third kappa shape index (κ3) is 4.14. The zero-order chi connectivity index (χ0) is 16.1. The molecule has 0 amide bonds. The van der Waals surface area contributed by atoms with E-state index in [0.29, 0.717) is 17.9 Å². The van der Waals surface area contributed by atoms with Crippen molar-refractivity contribution in [2.75, 3.05) is 5.73 Å². The van der Waals surface area contributed by atoms with Gasteiger partial charge in [-0.2, -0.15) is 0 Å². The first kappa shape index (κ1) is 16.2. The summed E-state index contributed by atoms with van der Waals surface area (Å²) < 4.78 is 19.1. The molecule has 0 spiro atoms. The van der Waals surface area contributed by atoms with Crippen LogP contribution in [0.15, 0.2) is 47.4 Å². The van der Waals surface area contributed by atoms with E-state index in [1.807, 2.05) is 6.92 Å². The smallest absolute Gasteiger partial charge is 0.316 e. The van der Waals surface area contributed by atoms with E-state index in [1.165, 1.54) is 23.9 Å². The lowest BCUT2D eigenvalue weighted by Crippen LogP contribution is -2.14. The molecule has 0 aliphatic heterocycles. The van der Waals surface area contributed by atoms with Gasteiger partial charge >= 0.3 is 5.97 Å². The first-order chi connectivity index (χ1) is 10.5. The Morgan fingerprint density at radius 3 is 2.55 bits per heavy atom. The molecule has 2 rings (SSSR count). The number of hydrogen-bond donors (Lipinski definition) is 2. The Balaban J connectivity index is 2.07. The lowest BCUT2D eigenvalue weighted by Gasteiger charge is -2.11. The Kier molecular flexibility index (Phi) is 5.27. The number of aliphatic carboxylic acids is 1. The van der Waals surface area contributed by atoms with Crippen molar-refractivity contribution in [3.05, 3.63) is 48.3 Å². The minimum Gasteiger partial charge on any atom is -0.480 e. The second kappa shape index (κ2) is 7.17. The van der Waals surface area contributed by atoms with Gasteiger partial charge in [-0.05, 0) is 42.8 Å². The molecular weight excluding hydrogens is 305 g/mol. The number of thioether (sulfide) groups is 1. The number of rotatable bonds is 6. The Morgan fingerprint density at radius 1 is 1.32 bits per heavy atom. The van der Waals surface area contributed by atoms with Crippen molar-refractivity contribution in [1.82, 2.24) is 0 Å². The normalized spacial score (nSPS) is 11.9. The van der Waals surface area contributed by atoms with E-state index < -0.39 is 17.0 Å². The van der Waals surface area contributed by atoms with Gasteiger partial charge in [0.25, 0.3) is 0 Å². The summed E-state index contributed by atoms with van der Waals surface area (Å²) in [5, 5.41) is 8.55. The second-order valence-electron chi connectivity index (χ2n) is 4.62. The predicted octanol–water partition coefficient (Wildman–Crippen LogP) is 4.16. The third-order valence-electron chi connectivity index (χ3n) is 2.93. The van der Waals surface area contributed by atoms with Gasteiger partial charge in [-0.25, -0.2) is 4.39 Å². The SMILES string of the molecule is CCC(Sc1ccc(Oc2ccc(N)cc2F)cc1)C(=O)O. The van der Waals surface area contributed by atoms with Crippen molar-refractivity contribution in [2.45, 2.75) is 23.5 Å². The van der Waals surface area contributed by atoms with Crippen molar-refractivity contribution >= 4 is 23.4 Å². The van der Waals surface area contributed by atoms with Crippen molar-refractivity contribution in [3.63, 3.8) is 0 Å². The Bertz CT molecular complexity index is 661. The Labute approximate surface area is 132 Å². The highest BCUT2D eigenvalue weighted by molar-refractivity contribution is 8.00. The van der Waals surface area contributed by atoms with Crippen LogP contribution in [0.25, 0.3) is 0 Å².